The van der Waals surface area contributed by atoms with Gasteiger partial charge in [0.15, 0.2) is 0 Å². The molecule has 19 heavy (non-hydrogen) atoms. The summed E-state index contributed by atoms with van der Waals surface area (Å²) in [6, 6.07) is 9.67. The summed E-state index contributed by atoms with van der Waals surface area (Å²) in [5.41, 5.74) is 0.681. The van der Waals surface area contributed by atoms with E-state index in [0.29, 0.717) is 21.7 Å². The molecule has 0 heterocycles. The largest absolute Gasteiger partial charge is 0.416 e. The van der Waals surface area contributed by atoms with Crippen molar-refractivity contribution in [2.75, 3.05) is 0 Å². The first kappa shape index (κ1) is 13.9. The van der Waals surface area contributed by atoms with E-state index in [9.17, 15) is 18.3 Å². The van der Waals surface area contributed by atoms with Crippen LogP contribution in [0, 0.1) is 0 Å². The normalized spacial score (nSPS) is 11.6. The molecule has 2 aromatic carbocycles. The van der Waals surface area contributed by atoms with E-state index in [-0.39, 0.29) is 6.61 Å². The van der Waals surface area contributed by atoms with Gasteiger partial charge in [-0.05, 0) is 41.0 Å². The SMILES string of the molecule is OCc1ccc(Cl)cc1-c1cccc(C(F)(F)F)c1. The monoisotopic (exact) mass is 286 g/mol. The number of alkyl halides is 3. The molecule has 1 nitrogen and oxygen atoms in total. The summed E-state index contributed by atoms with van der Waals surface area (Å²) in [6.07, 6.45) is -4.39. The lowest BCUT2D eigenvalue weighted by molar-refractivity contribution is -0.137. The van der Waals surface area contributed by atoms with E-state index in [0.717, 1.165) is 12.1 Å². The van der Waals surface area contributed by atoms with Crippen LogP contribution in [0.2, 0.25) is 5.02 Å². The number of halogens is 4. The van der Waals surface area contributed by atoms with E-state index < -0.39 is 11.7 Å². The van der Waals surface area contributed by atoms with E-state index in [4.69, 9.17) is 11.6 Å². The van der Waals surface area contributed by atoms with Crippen molar-refractivity contribution in [2.24, 2.45) is 0 Å². The molecule has 0 aliphatic rings. The van der Waals surface area contributed by atoms with Crippen LogP contribution in [0.5, 0.6) is 0 Å². The topological polar surface area (TPSA) is 20.2 Å². The van der Waals surface area contributed by atoms with Crippen LogP contribution < -0.4 is 0 Å². The van der Waals surface area contributed by atoms with Crippen LogP contribution in [0.4, 0.5) is 13.2 Å². The molecule has 5 heteroatoms. The van der Waals surface area contributed by atoms with Crippen molar-refractivity contribution in [2.45, 2.75) is 12.8 Å². The fourth-order valence-corrected chi connectivity index (χ4v) is 1.99. The Morgan fingerprint density at radius 1 is 1.05 bits per heavy atom. The van der Waals surface area contributed by atoms with Gasteiger partial charge >= 0.3 is 6.18 Å². The third-order valence-electron chi connectivity index (χ3n) is 2.74. The maximum absolute atomic E-state index is 12.7. The molecule has 0 fully saturated rings. The summed E-state index contributed by atoms with van der Waals surface area (Å²) >= 11 is 5.85. The second kappa shape index (κ2) is 5.23. The molecule has 0 spiro atoms. The summed E-state index contributed by atoms with van der Waals surface area (Å²) in [5, 5.41) is 9.64. The minimum Gasteiger partial charge on any atom is -0.392 e. The molecule has 1 N–H and O–H groups in total. The van der Waals surface area contributed by atoms with Crippen LogP contribution in [0.1, 0.15) is 11.1 Å². The zero-order valence-electron chi connectivity index (χ0n) is 9.71. The Bertz CT molecular complexity index is 593. The number of hydrogen-bond donors (Lipinski definition) is 1. The van der Waals surface area contributed by atoms with Crippen LogP contribution in [0.3, 0.4) is 0 Å². The Morgan fingerprint density at radius 3 is 2.42 bits per heavy atom. The van der Waals surface area contributed by atoms with Crippen LogP contribution in [0.15, 0.2) is 42.5 Å². The number of rotatable bonds is 2. The van der Waals surface area contributed by atoms with Crippen molar-refractivity contribution < 1.29 is 18.3 Å². The van der Waals surface area contributed by atoms with Crippen LogP contribution in [0.25, 0.3) is 11.1 Å². The van der Waals surface area contributed by atoms with Gasteiger partial charge in [0.25, 0.3) is 0 Å². The predicted molar refractivity (Wildman–Crippen MR) is 67.8 cm³/mol. The Morgan fingerprint density at radius 2 is 1.79 bits per heavy atom. The van der Waals surface area contributed by atoms with Crippen molar-refractivity contribution in [1.29, 1.82) is 0 Å². The fraction of sp³-hybridized carbons (Fsp3) is 0.143. The molecule has 0 aliphatic heterocycles. The number of aliphatic hydroxyl groups excluding tert-OH is 1. The smallest absolute Gasteiger partial charge is 0.392 e. The molecule has 100 valence electrons. The summed E-state index contributed by atoms with van der Waals surface area (Å²) in [7, 11) is 0. The Labute approximate surface area is 113 Å². The molecular formula is C14H10ClF3O. The van der Waals surface area contributed by atoms with Gasteiger partial charge in [-0.1, -0.05) is 29.8 Å². The van der Waals surface area contributed by atoms with E-state index in [1.54, 1.807) is 24.3 Å². The molecular weight excluding hydrogens is 277 g/mol. The zero-order valence-corrected chi connectivity index (χ0v) is 10.5. The summed E-state index contributed by atoms with van der Waals surface area (Å²) in [5.74, 6) is 0. The molecule has 0 saturated heterocycles. The van der Waals surface area contributed by atoms with E-state index in [1.807, 2.05) is 0 Å². The van der Waals surface area contributed by atoms with Gasteiger partial charge in [0.1, 0.15) is 0 Å². The molecule has 0 amide bonds. The average Bonchev–Trinajstić information content (AvgIpc) is 2.38. The highest BCUT2D eigenvalue weighted by atomic mass is 35.5. The second-order valence-electron chi connectivity index (χ2n) is 4.04. The molecule has 2 rings (SSSR count). The summed E-state index contributed by atoms with van der Waals surface area (Å²) < 4.78 is 38.0. The van der Waals surface area contributed by atoms with Crippen LogP contribution in [-0.4, -0.2) is 5.11 Å². The van der Waals surface area contributed by atoms with Gasteiger partial charge in [0.2, 0.25) is 0 Å². The van der Waals surface area contributed by atoms with Gasteiger partial charge in [0.05, 0.1) is 12.2 Å². The summed E-state index contributed by atoms with van der Waals surface area (Å²) in [6.45, 7) is -0.261. The second-order valence-corrected chi connectivity index (χ2v) is 4.47. The first-order valence-corrected chi connectivity index (χ1v) is 5.86. The van der Waals surface area contributed by atoms with E-state index in [1.165, 1.54) is 6.07 Å². The number of benzene rings is 2. The molecule has 0 radical (unpaired) electrons. The van der Waals surface area contributed by atoms with Crippen molar-refractivity contribution in [3.05, 3.63) is 58.6 Å². The van der Waals surface area contributed by atoms with Crippen molar-refractivity contribution in [3.63, 3.8) is 0 Å². The van der Waals surface area contributed by atoms with Crippen molar-refractivity contribution in [3.8, 4) is 11.1 Å². The lowest BCUT2D eigenvalue weighted by atomic mass is 9.98. The number of aliphatic hydroxyl groups is 1. The highest BCUT2D eigenvalue weighted by Gasteiger charge is 2.30. The Kier molecular flexibility index (Phi) is 3.83. The first-order chi connectivity index (χ1) is 8.91. The van der Waals surface area contributed by atoms with Crippen molar-refractivity contribution in [1.82, 2.24) is 0 Å². The van der Waals surface area contributed by atoms with Gasteiger partial charge in [-0.3, -0.25) is 0 Å². The lowest BCUT2D eigenvalue weighted by Gasteiger charge is -2.11. The minimum atomic E-state index is -4.39. The minimum absolute atomic E-state index is 0.261. The Balaban J connectivity index is 2.56. The van der Waals surface area contributed by atoms with Gasteiger partial charge in [-0.2, -0.15) is 13.2 Å². The standard InChI is InChI=1S/C14H10ClF3O/c15-12-5-4-10(8-19)13(7-12)9-2-1-3-11(6-9)14(16,17)18/h1-7,19H,8H2. The van der Waals surface area contributed by atoms with E-state index in [2.05, 4.69) is 0 Å². The fourth-order valence-electron chi connectivity index (χ4n) is 1.82. The molecule has 0 bridgehead atoms. The zero-order chi connectivity index (χ0) is 14.0. The highest BCUT2D eigenvalue weighted by molar-refractivity contribution is 6.30. The molecule has 0 atom stereocenters. The first-order valence-electron chi connectivity index (χ1n) is 5.49. The van der Waals surface area contributed by atoms with Crippen LogP contribution in [-0.2, 0) is 12.8 Å². The van der Waals surface area contributed by atoms with Gasteiger partial charge in [-0.25, -0.2) is 0 Å². The average molecular weight is 287 g/mol. The maximum Gasteiger partial charge on any atom is 0.416 e. The summed E-state index contributed by atoms with van der Waals surface area (Å²) in [4.78, 5) is 0. The third kappa shape index (κ3) is 3.08. The predicted octanol–water partition coefficient (Wildman–Crippen LogP) is 4.52. The number of hydrogen-bond acceptors (Lipinski definition) is 1. The molecule has 0 aliphatic carbocycles. The van der Waals surface area contributed by atoms with Gasteiger partial charge in [0, 0.05) is 5.02 Å². The molecule has 0 aromatic heterocycles. The third-order valence-corrected chi connectivity index (χ3v) is 2.98. The van der Waals surface area contributed by atoms with E-state index >= 15 is 0 Å². The van der Waals surface area contributed by atoms with Crippen molar-refractivity contribution >= 4 is 11.6 Å². The molecule has 2 aromatic rings. The quantitative estimate of drug-likeness (QED) is 0.861. The highest BCUT2D eigenvalue weighted by Crippen LogP contribution is 2.34. The van der Waals surface area contributed by atoms with Gasteiger partial charge in [-0.15, -0.1) is 0 Å². The molecule has 0 unspecified atom stereocenters. The molecule has 0 saturated carbocycles. The lowest BCUT2D eigenvalue weighted by Crippen LogP contribution is -2.04. The maximum atomic E-state index is 12.7. The van der Waals surface area contributed by atoms with Gasteiger partial charge < -0.3 is 5.11 Å². The van der Waals surface area contributed by atoms with Crippen LogP contribution >= 0.6 is 11.6 Å². The Hall–Kier alpha value is -1.52.